The molecular formula is C24H29F4N3O7S. The molecule has 1 aliphatic rings. The van der Waals surface area contributed by atoms with E-state index in [0.29, 0.717) is 37.5 Å². The van der Waals surface area contributed by atoms with Gasteiger partial charge in [-0.3, -0.25) is 4.79 Å². The summed E-state index contributed by atoms with van der Waals surface area (Å²) in [6.07, 6.45) is -5.05. The molecule has 0 radical (unpaired) electrons. The van der Waals surface area contributed by atoms with E-state index < -0.39 is 28.0 Å². The number of carboxylic acid groups (broad SMARTS) is 1. The van der Waals surface area contributed by atoms with Crippen LogP contribution in [-0.2, 0) is 26.2 Å². The molecule has 0 unspecified atom stereocenters. The lowest BCUT2D eigenvalue weighted by Gasteiger charge is -2.29. The highest BCUT2D eigenvalue weighted by Crippen LogP contribution is 2.31. The van der Waals surface area contributed by atoms with Crippen molar-refractivity contribution in [1.82, 2.24) is 14.5 Å². The number of sulfonamides is 1. The highest BCUT2D eigenvalue weighted by molar-refractivity contribution is 7.89. The molecular weight excluding hydrogens is 550 g/mol. The standard InChI is InChI=1S/C22H28FN3O5S.C2HF3O2/c1-30-19-7-8-20(31-2)21(15-19)32(28,29)26(16-17-3-5-18(23)6-4-17)12-9-22(27)25-13-10-24-11-14-25;3-2(4,5)1(6)7/h3-8,15,24H,9-14,16H2,1-2H3;(H,6,7). The molecule has 15 heteroatoms. The molecule has 2 aromatic rings. The van der Waals surface area contributed by atoms with Gasteiger partial charge in [0.15, 0.2) is 0 Å². The van der Waals surface area contributed by atoms with Crippen LogP contribution in [0.25, 0.3) is 0 Å². The molecule has 3 rings (SSSR count). The van der Waals surface area contributed by atoms with Crippen molar-refractivity contribution >= 4 is 21.9 Å². The molecule has 39 heavy (non-hydrogen) atoms. The molecule has 1 heterocycles. The Kier molecular flexibility index (Phi) is 11.5. The second-order valence-corrected chi connectivity index (χ2v) is 10.1. The van der Waals surface area contributed by atoms with Gasteiger partial charge in [0, 0.05) is 51.8 Å². The summed E-state index contributed by atoms with van der Waals surface area (Å²) in [7, 11) is -1.23. The number of hydrogen-bond acceptors (Lipinski definition) is 7. The van der Waals surface area contributed by atoms with E-state index in [1.165, 1.54) is 54.9 Å². The topological polar surface area (TPSA) is 125 Å². The van der Waals surface area contributed by atoms with Crippen molar-refractivity contribution in [3.8, 4) is 11.5 Å². The number of methoxy groups -OCH3 is 2. The van der Waals surface area contributed by atoms with Gasteiger partial charge in [0.1, 0.15) is 22.2 Å². The van der Waals surface area contributed by atoms with E-state index in [9.17, 15) is 30.8 Å². The number of amides is 1. The zero-order chi connectivity index (χ0) is 29.2. The number of benzene rings is 2. The van der Waals surface area contributed by atoms with Crippen molar-refractivity contribution in [2.45, 2.75) is 24.0 Å². The maximum Gasteiger partial charge on any atom is 0.490 e. The van der Waals surface area contributed by atoms with Gasteiger partial charge in [0.25, 0.3) is 0 Å². The van der Waals surface area contributed by atoms with Gasteiger partial charge >= 0.3 is 12.1 Å². The number of carboxylic acids is 1. The van der Waals surface area contributed by atoms with Gasteiger partial charge in [-0.25, -0.2) is 17.6 Å². The van der Waals surface area contributed by atoms with Crippen LogP contribution in [0.15, 0.2) is 47.4 Å². The largest absolute Gasteiger partial charge is 0.497 e. The summed E-state index contributed by atoms with van der Waals surface area (Å²) in [6, 6.07) is 10.1. The normalized spacial score (nSPS) is 13.9. The molecule has 0 saturated carbocycles. The minimum absolute atomic E-state index is 0.0161. The van der Waals surface area contributed by atoms with Crippen molar-refractivity contribution in [3.63, 3.8) is 0 Å². The van der Waals surface area contributed by atoms with E-state index in [1.54, 1.807) is 11.0 Å². The zero-order valence-corrected chi connectivity index (χ0v) is 22.0. The first-order valence-electron chi connectivity index (χ1n) is 11.5. The molecule has 216 valence electrons. The molecule has 0 aliphatic carbocycles. The van der Waals surface area contributed by atoms with Gasteiger partial charge in [-0.1, -0.05) is 12.1 Å². The third-order valence-electron chi connectivity index (χ3n) is 5.55. The SMILES string of the molecule is COc1ccc(OC)c(S(=O)(=O)N(CCC(=O)N2CCNCC2)Cc2ccc(F)cc2)c1.O=C(O)C(F)(F)F. The number of piperazine rings is 1. The third-order valence-corrected chi connectivity index (χ3v) is 7.41. The third kappa shape index (κ3) is 9.37. The quantitative estimate of drug-likeness (QED) is 0.435. The number of nitrogens with zero attached hydrogens (tertiary/aromatic N) is 2. The highest BCUT2D eigenvalue weighted by Gasteiger charge is 2.38. The molecule has 2 N–H and O–H groups in total. The average Bonchev–Trinajstić information content (AvgIpc) is 2.91. The maximum atomic E-state index is 13.6. The van der Waals surface area contributed by atoms with E-state index in [4.69, 9.17) is 19.4 Å². The Labute approximate surface area is 223 Å². The van der Waals surface area contributed by atoms with E-state index in [-0.39, 0.29) is 36.1 Å². The number of carbonyl (C=O) groups excluding carboxylic acids is 1. The van der Waals surface area contributed by atoms with Crippen molar-refractivity contribution in [3.05, 3.63) is 53.8 Å². The summed E-state index contributed by atoms with van der Waals surface area (Å²) in [5, 5.41) is 10.3. The summed E-state index contributed by atoms with van der Waals surface area (Å²) >= 11 is 0. The van der Waals surface area contributed by atoms with Crippen LogP contribution in [0.2, 0.25) is 0 Å². The lowest BCUT2D eigenvalue weighted by Crippen LogP contribution is -2.47. The smallest absolute Gasteiger partial charge is 0.490 e. The van der Waals surface area contributed by atoms with Crippen LogP contribution in [0, 0.1) is 5.82 Å². The molecule has 0 spiro atoms. The van der Waals surface area contributed by atoms with E-state index in [0.717, 1.165) is 0 Å². The first kappa shape index (κ1) is 31.8. The fourth-order valence-corrected chi connectivity index (χ4v) is 5.09. The van der Waals surface area contributed by atoms with Crippen LogP contribution in [-0.4, -0.2) is 87.7 Å². The average molecular weight is 580 g/mol. The molecule has 1 fully saturated rings. The Morgan fingerprint density at radius 2 is 1.64 bits per heavy atom. The first-order chi connectivity index (χ1) is 18.3. The van der Waals surface area contributed by atoms with Crippen molar-refractivity contribution in [2.75, 3.05) is 46.9 Å². The van der Waals surface area contributed by atoms with E-state index in [2.05, 4.69) is 5.32 Å². The van der Waals surface area contributed by atoms with Gasteiger partial charge < -0.3 is 24.8 Å². The Hall–Kier alpha value is -3.43. The number of aliphatic carboxylic acids is 1. The summed E-state index contributed by atoms with van der Waals surface area (Å²) < 4.78 is 84.0. The van der Waals surface area contributed by atoms with Crippen molar-refractivity contribution in [1.29, 1.82) is 0 Å². The monoisotopic (exact) mass is 579 g/mol. The summed E-state index contributed by atoms with van der Waals surface area (Å²) in [6.45, 7) is 2.57. The molecule has 2 aromatic carbocycles. The van der Waals surface area contributed by atoms with E-state index >= 15 is 0 Å². The Morgan fingerprint density at radius 1 is 1.05 bits per heavy atom. The number of ether oxygens (including phenoxy) is 2. The molecule has 1 aliphatic heterocycles. The van der Waals surface area contributed by atoms with Crippen LogP contribution in [0.3, 0.4) is 0 Å². The minimum Gasteiger partial charge on any atom is -0.497 e. The van der Waals surface area contributed by atoms with Gasteiger partial charge in [0.2, 0.25) is 15.9 Å². The Morgan fingerprint density at radius 3 is 2.15 bits per heavy atom. The molecule has 0 atom stereocenters. The van der Waals surface area contributed by atoms with Gasteiger partial charge in [0.05, 0.1) is 14.2 Å². The predicted molar refractivity (Wildman–Crippen MR) is 131 cm³/mol. The van der Waals surface area contributed by atoms with Crippen LogP contribution in [0.4, 0.5) is 17.6 Å². The number of rotatable bonds is 9. The molecule has 10 nitrogen and oxygen atoms in total. The van der Waals surface area contributed by atoms with Gasteiger partial charge in [-0.2, -0.15) is 17.5 Å². The number of nitrogens with one attached hydrogen (secondary N) is 1. The van der Waals surface area contributed by atoms with Gasteiger partial charge in [-0.15, -0.1) is 0 Å². The lowest BCUT2D eigenvalue weighted by molar-refractivity contribution is -0.192. The number of alkyl halides is 3. The van der Waals surface area contributed by atoms with E-state index in [1.807, 2.05) is 0 Å². The number of carbonyl (C=O) groups is 2. The second-order valence-electron chi connectivity index (χ2n) is 8.17. The van der Waals surface area contributed by atoms with Crippen LogP contribution < -0.4 is 14.8 Å². The summed E-state index contributed by atoms with van der Waals surface area (Å²) in [4.78, 5) is 23.2. The van der Waals surface area contributed by atoms with Crippen molar-refractivity contribution in [2.24, 2.45) is 0 Å². The second kappa shape index (κ2) is 14.1. The van der Waals surface area contributed by atoms with Gasteiger partial charge in [-0.05, 0) is 29.8 Å². The van der Waals surface area contributed by atoms with Crippen molar-refractivity contribution < 1.29 is 50.1 Å². The summed E-state index contributed by atoms with van der Waals surface area (Å²) in [5.41, 5.74) is 0.603. The molecule has 0 aromatic heterocycles. The Balaban J connectivity index is 0.000000673. The van der Waals surface area contributed by atoms with Crippen LogP contribution >= 0.6 is 0 Å². The number of hydrogen-bond donors (Lipinski definition) is 2. The number of halogens is 4. The molecule has 1 amide bonds. The maximum absolute atomic E-state index is 13.6. The Bertz CT molecular complexity index is 1220. The predicted octanol–water partition coefficient (Wildman–Crippen LogP) is 2.49. The fraction of sp³-hybridized carbons (Fsp3) is 0.417. The molecule has 0 bridgehead atoms. The lowest BCUT2D eigenvalue weighted by atomic mass is 10.2. The van der Waals surface area contributed by atoms with Crippen LogP contribution in [0.5, 0.6) is 11.5 Å². The fourth-order valence-electron chi connectivity index (χ4n) is 3.50. The molecule has 1 saturated heterocycles. The summed E-state index contributed by atoms with van der Waals surface area (Å²) in [5.74, 6) is -2.74. The van der Waals surface area contributed by atoms with Crippen LogP contribution in [0.1, 0.15) is 12.0 Å². The zero-order valence-electron chi connectivity index (χ0n) is 21.2. The highest BCUT2D eigenvalue weighted by atomic mass is 32.2. The minimum atomic E-state index is -5.08. The first-order valence-corrected chi connectivity index (χ1v) is 13.0.